The van der Waals surface area contributed by atoms with E-state index in [0.717, 1.165) is 32.1 Å². The highest BCUT2D eigenvalue weighted by atomic mass is 16.4. The predicted octanol–water partition coefficient (Wildman–Crippen LogP) is 2.08. The molecule has 1 saturated carbocycles. The van der Waals surface area contributed by atoms with Crippen molar-refractivity contribution in [2.75, 3.05) is 6.54 Å². The standard InChI is InChI=1S/C17H30N2O4/c1-12(2)9-10-15(20)18-11-16(21)19-14-8-6-4-3-5-7-13(14)17(22)23/h12-14H,3-11H2,1-2H3,(H,18,20)(H,19,21)(H,22,23). The second-order valence-corrected chi connectivity index (χ2v) is 6.82. The van der Waals surface area contributed by atoms with Crippen LogP contribution in [0.2, 0.25) is 0 Å². The number of aliphatic carboxylic acids is 1. The molecule has 0 aromatic carbocycles. The van der Waals surface area contributed by atoms with Crippen LogP contribution in [-0.2, 0) is 14.4 Å². The fourth-order valence-electron chi connectivity index (χ4n) is 2.90. The number of carbonyl (C=O) groups is 3. The van der Waals surface area contributed by atoms with E-state index in [1.165, 1.54) is 0 Å². The monoisotopic (exact) mass is 326 g/mol. The highest BCUT2D eigenvalue weighted by Crippen LogP contribution is 2.23. The minimum atomic E-state index is -0.849. The first-order chi connectivity index (χ1) is 10.9. The van der Waals surface area contributed by atoms with Crippen molar-refractivity contribution in [3.63, 3.8) is 0 Å². The maximum Gasteiger partial charge on any atom is 0.308 e. The Bertz CT molecular complexity index is 409. The van der Waals surface area contributed by atoms with Gasteiger partial charge in [0.25, 0.3) is 0 Å². The fraction of sp³-hybridized carbons (Fsp3) is 0.824. The van der Waals surface area contributed by atoms with Gasteiger partial charge in [0, 0.05) is 12.5 Å². The molecule has 6 heteroatoms. The van der Waals surface area contributed by atoms with Gasteiger partial charge in [-0.1, -0.05) is 39.5 Å². The van der Waals surface area contributed by atoms with Gasteiger partial charge >= 0.3 is 5.97 Å². The molecule has 2 unspecified atom stereocenters. The highest BCUT2D eigenvalue weighted by molar-refractivity contribution is 5.85. The first kappa shape index (κ1) is 19.5. The molecular formula is C17H30N2O4. The Hall–Kier alpha value is -1.59. The normalized spacial score (nSPS) is 22.0. The summed E-state index contributed by atoms with van der Waals surface area (Å²) < 4.78 is 0. The van der Waals surface area contributed by atoms with E-state index >= 15 is 0 Å². The molecule has 0 bridgehead atoms. The number of rotatable bonds is 7. The minimum Gasteiger partial charge on any atom is -0.481 e. The van der Waals surface area contributed by atoms with Crippen molar-refractivity contribution in [2.24, 2.45) is 11.8 Å². The fourth-order valence-corrected chi connectivity index (χ4v) is 2.90. The van der Waals surface area contributed by atoms with E-state index < -0.39 is 11.9 Å². The summed E-state index contributed by atoms with van der Waals surface area (Å²) in [6.07, 6.45) is 6.42. The van der Waals surface area contributed by atoms with Crippen LogP contribution in [0.5, 0.6) is 0 Å². The highest BCUT2D eigenvalue weighted by Gasteiger charge is 2.29. The third-order valence-electron chi connectivity index (χ3n) is 4.32. The molecule has 0 radical (unpaired) electrons. The Morgan fingerprint density at radius 1 is 1.04 bits per heavy atom. The third kappa shape index (κ3) is 8.00. The Morgan fingerprint density at radius 2 is 1.70 bits per heavy atom. The summed E-state index contributed by atoms with van der Waals surface area (Å²) in [6, 6.07) is -0.340. The number of hydrogen-bond acceptors (Lipinski definition) is 3. The molecule has 23 heavy (non-hydrogen) atoms. The molecule has 0 aliphatic heterocycles. The van der Waals surface area contributed by atoms with E-state index in [9.17, 15) is 19.5 Å². The number of carboxylic acids is 1. The molecule has 6 nitrogen and oxygen atoms in total. The van der Waals surface area contributed by atoms with Crippen LogP contribution in [0.1, 0.15) is 65.2 Å². The van der Waals surface area contributed by atoms with Gasteiger partial charge in [0.2, 0.25) is 11.8 Å². The van der Waals surface area contributed by atoms with Crippen molar-refractivity contribution >= 4 is 17.8 Å². The number of amides is 2. The maximum atomic E-state index is 12.0. The molecule has 1 aliphatic carbocycles. The molecule has 0 saturated heterocycles. The Morgan fingerprint density at radius 3 is 2.30 bits per heavy atom. The molecule has 0 aromatic heterocycles. The van der Waals surface area contributed by atoms with Gasteiger partial charge in [-0.15, -0.1) is 0 Å². The lowest BCUT2D eigenvalue weighted by atomic mass is 9.87. The molecule has 132 valence electrons. The van der Waals surface area contributed by atoms with Crippen molar-refractivity contribution in [3.05, 3.63) is 0 Å². The van der Waals surface area contributed by atoms with Crippen molar-refractivity contribution in [3.8, 4) is 0 Å². The first-order valence-corrected chi connectivity index (χ1v) is 8.69. The van der Waals surface area contributed by atoms with Gasteiger partial charge in [-0.05, 0) is 25.2 Å². The Kier molecular flexibility index (Phi) is 8.66. The topological polar surface area (TPSA) is 95.5 Å². The summed E-state index contributed by atoms with van der Waals surface area (Å²) in [6.45, 7) is 4.00. The smallest absolute Gasteiger partial charge is 0.308 e. The van der Waals surface area contributed by atoms with Crippen molar-refractivity contribution < 1.29 is 19.5 Å². The van der Waals surface area contributed by atoms with E-state index in [4.69, 9.17) is 0 Å². The van der Waals surface area contributed by atoms with Gasteiger partial charge in [-0.25, -0.2) is 0 Å². The van der Waals surface area contributed by atoms with E-state index in [1.807, 2.05) is 13.8 Å². The molecule has 1 rings (SSSR count). The van der Waals surface area contributed by atoms with Crippen LogP contribution in [0.25, 0.3) is 0 Å². The van der Waals surface area contributed by atoms with Gasteiger partial charge in [0.1, 0.15) is 0 Å². The lowest BCUT2D eigenvalue weighted by molar-refractivity contribution is -0.143. The summed E-state index contributed by atoms with van der Waals surface area (Å²) in [7, 11) is 0. The van der Waals surface area contributed by atoms with Crippen LogP contribution in [0.4, 0.5) is 0 Å². The number of hydrogen-bond donors (Lipinski definition) is 3. The lowest BCUT2D eigenvalue weighted by Gasteiger charge is -2.27. The van der Waals surface area contributed by atoms with E-state index in [1.54, 1.807) is 0 Å². The lowest BCUT2D eigenvalue weighted by Crippen LogP contribution is -2.47. The molecule has 3 N–H and O–H groups in total. The zero-order valence-electron chi connectivity index (χ0n) is 14.3. The zero-order valence-corrected chi connectivity index (χ0v) is 14.3. The summed E-state index contributed by atoms with van der Waals surface area (Å²) in [5.74, 6) is -1.38. The van der Waals surface area contributed by atoms with Gasteiger partial charge < -0.3 is 15.7 Å². The van der Waals surface area contributed by atoms with Gasteiger partial charge in [-0.3, -0.25) is 14.4 Å². The molecule has 0 aromatic rings. The number of nitrogens with one attached hydrogen (secondary N) is 2. The Labute approximate surface area is 138 Å². The summed E-state index contributed by atoms with van der Waals surface area (Å²) in [5.41, 5.74) is 0. The number of carbonyl (C=O) groups excluding carboxylic acids is 2. The predicted molar refractivity (Wildman–Crippen MR) is 87.8 cm³/mol. The Balaban J connectivity index is 2.42. The minimum absolute atomic E-state index is 0.0836. The summed E-state index contributed by atoms with van der Waals surface area (Å²) >= 11 is 0. The van der Waals surface area contributed by atoms with Gasteiger partial charge in [0.05, 0.1) is 12.5 Å². The van der Waals surface area contributed by atoms with Crippen molar-refractivity contribution in [1.29, 1.82) is 0 Å². The molecule has 0 spiro atoms. The van der Waals surface area contributed by atoms with E-state index in [-0.39, 0.29) is 24.4 Å². The quantitative estimate of drug-likeness (QED) is 0.667. The average Bonchev–Trinajstić information content (AvgIpc) is 2.45. The average molecular weight is 326 g/mol. The largest absolute Gasteiger partial charge is 0.481 e. The van der Waals surface area contributed by atoms with Gasteiger partial charge in [0.15, 0.2) is 0 Å². The van der Waals surface area contributed by atoms with E-state index in [2.05, 4.69) is 10.6 Å². The van der Waals surface area contributed by atoms with Crippen LogP contribution >= 0.6 is 0 Å². The SMILES string of the molecule is CC(C)CCC(=O)NCC(=O)NC1CCCCCCC1C(=O)O. The second-order valence-electron chi connectivity index (χ2n) is 6.82. The maximum absolute atomic E-state index is 12.0. The summed E-state index contributed by atoms with van der Waals surface area (Å²) in [5, 5.41) is 14.8. The molecular weight excluding hydrogens is 296 g/mol. The summed E-state index contributed by atoms with van der Waals surface area (Å²) in [4.78, 5) is 35.0. The first-order valence-electron chi connectivity index (χ1n) is 8.69. The zero-order chi connectivity index (χ0) is 17.2. The second kappa shape index (κ2) is 10.2. The van der Waals surface area contributed by atoms with E-state index in [0.29, 0.717) is 25.2 Å². The van der Waals surface area contributed by atoms with Crippen LogP contribution in [-0.4, -0.2) is 35.5 Å². The van der Waals surface area contributed by atoms with Crippen LogP contribution in [0.15, 0.2) is 0 Å². The third-order valence-corrected chi connectivity index (χ3v) is 4.32. The van der Waals surface area contributed by atoms with Gasteiger partial charge in [-0.2, -0.15) is 0 Å². The molecule has 1 aliphatic rings. The molecule has 0 heterocycles. The molecule has 2 amide bonds. The van der Waals surface area contributed by atoms with Crippen LogP contribution < -0.4 is 10.6 Å². The van der Waals surface area contributed by atoms with Crippen LogP contribution in [0.3, 0.4) is 0 Å². The molecule has 2 atom stereocenters. The van der Waals surface area contributed by atoms with Crippen molar-refractivity contribution in [2.45, 2.75) is 71.3 Å². The van der Waals surface area contributed by atoms with Crippen LogP contribution in [0, 0.1) is 11.8 Å². The van der Waals surface area contributed by atoms with Crippen molar-refractivity contribution in [1.82, 2.24) is 10.6 Å². The molecule has 1 fully saturated rings. The number of carboxylic acid groups (broad SMARTS) is 1.